The number of nitrogens with one attached hydrogen (secondary N) is 1. The molecule has 0 fully saturated rings. The Kier molecular flexibility index (Phi) is 4.26. The van der Waals surface area contributed by atoms with E-state index in [1.54, 1.807) is 6.92 Å². The summed E-state index contributed by atoms with van der Waals surface area (Å²) in [6.07, 6.45) is 0. The van der Waals surface area contributed by atoms with Crippen molar-refractivity contribution in [1.29, 1.82) is 0 Å². The molecule has 0 aliphatic carbocycles. The topological polar surface area (TPSA) is 113 Å². The molecule has 0 saturated heterocycles. The summed E-state index contributed by atoms with van der Waals surface area (Å²) in [7, 11) is -3.70. The number of rotatable bonds is 6. The molecule has 3 N–H and O–H groups in total. The Balaban J connectivity index is 2.76. The third-order valence-corrected chi connectivity index (χ3v) is 3.59. The van der Waals surface area contributed by atoms with Crippen LogP contribution in [0.3, 0.4) is 0 Å². The molecule has 0 spiro atoms. The standard InChI is InChI=1S/C9H16N2O5S/c1-7-3-8(10-16-7)4-17(14,15)11-9(2,5-12)6-13/h3,11-13H,4-6H2,1-2H3. The molecule has 0 saturated carbocycles. The minimum Gasteiger partial charge on any atom is -0.394 e. The van der Waals surface area contributed by atoms with E-state index in [0.717, 1.165) is 0 Å². The summed E-state index contributed by atoms with van der Waals surface area (Å²) in [6.45, 7) is 2.06. The van der Waals surface area contributed by atoms with Crippen LogP contribution >= 0.6 is 0 Å². The molecule has 0 amide bonds. The van der Waals surface area contributed by atoms with E-state index in [1.807, 2.05) is 0 Å². The zero-order valence-electron chi connectivity index (χ0n) is 9.67. The molecule has 0 aromatic carbocycles. The van der Waals surface area contributed by atoms with Crippen molar-refractivity contribution in [3.8, 4) is 0 Å². The highest BCUT2D eigenvalue weighted by molar-refractivity contribution is 7.88. The van der Waals surface area contributed by atoms with Gasteiger partial charge in [-0.05, 0) is 13.8 Å². The molecule has 0 atom stereocenters. The van der Waals surface area contributed by atoms with Gasteiger partial charge < -0.3 is 14.7 Å². The molecule has 0 unspecified atom stereocenters. The smallest absolute Gasteiger partial charge is 0.218 e. The first-order valence-corrected chi connectivity index (χ1v) is 6.61. The molecular formula is C9H16N2O5S. The van der Waals surface area contributed by atoms with Crippen LogP contribution in [0.1, 0.15) is 18.4 Å². The van der Waals surface area contributed by atoms with Crippen molar-refractivity contribution in [2.24, 2.45) is 0 Å². The van der Waals surface area contributed by atoms with Gasteiger partial charge >= 0.3 is 0 Å². The van der Waals surface area contributed by atoms with Crippen molar-refractivity contribution in [2.75, 3.05) is 13.2 Å². The van der Waals surface area contributed by atoms with Gasteiger partial charge in [0.2, 0.25) is 10.0 Å². The number of aliphatic hydroxyl groups excluding tert-OH is 2. The highest BCUT2D eigenvalue weighted by atomic mass is 32.2. The highest BCUT2D eigenvalue weighted by Crippen LogP contribution is 2.09. The van der Waals surface area contributed by atoms with Crippen LogP contribution in [0.15, 0.2) is 10.6 Å². The maximum absolute atomic E-state index is 11.7. The fraction of sp³-hybridized carbons (Fsp3) is 0.667. The molecular weight excluding hydrogens is 248 g/mol. The van der Waals surface area contributed by atoms with Crippen molar-refractivity contribution < 1.29 is 23.2 Å². The number of hydrogen-bond donors (Lipinski definition) is 3. The van der Waals surface area contributed by atoms with Crippen LogP contribution in [-0.4, -0.2) is 42.5 Å². The Labute approximate surface area is 99.5 Å². The van der Waals surface area contributed by atoms with Crippen LogP contribution in [0.25, 0.3) is 0 Å². The number of sulfonamides is 1. The minimum absolute atomic E-state index is 0.272. The molecule has 0 aliphatic heterocycles. The van der Waals surface area contributed by atoms with Crippen LogP contribution in [0.5, 0.6) is 0 Å². The zero-order valence-corrected chi connectivity index (χ0v) is 10.5. The second-order valence-corrected chi connectivity index (χ2v) is 5.89. The first-order valence-electron chi connectivity index (χ1n) is 4.96. The van der Waals surface area contributed by atoms with E-state index in [4.69, 9.17) is 14.7 Å². The lowest BCUT2D eigenvalue weighted by molar-refractivity contribution is 0.121. The Bertz CT molecular complexity index is 463. The second-order valence-electron chi connectivity index (χ2n) is 4.17. The molecule has 8 heteroatoms. The van der Waals surface area contributed by atoms with Gasteiger partial charge in [-0.1, -0.05) is 5.16 Å². The fourth-order valence-electron chi connectivity index (χ4n) is 1.21. The molecule has 0 aliphatic rings. The summed E-state index contributed by atoms with van der Waals surface area (Å²) < 4.78 is 30.4. The van der Waals surface area contributed by atoms with Crippen molar-refractivity contribution in [2.45, 2.75) is 25.1 Å². The maximum atomic E-state index is 11.7. The van der Waals surface area contributed by atoms with Gasteiger partial charge in [0.25, 0.3) is 0 Å². The number of nitrogens with zero attached hydrogens (tertiary/aromatic N) is 1. The Hall–Kier alpha value is -0.960. The molecule has 1 aromatic heterocycles. The van der Waals surface area contributed by atoms with Gasteiger partial charge in [-0.3, -0.25) is 0 Å². The normalized spacial score (nSPS) is 12.9. The molecule has 0 radical (unpaired) electrons. The SMILES string of the molecule is Cc1cc(CS(=O)(=O)NC(C)(CO)CO)no1. The third-order valence-electron chi connectivity index (χ3n) is 2.11. The van der Waals surface area contributed by atoms with E-state index in [0.29, 0.717) is 5.76 Å². The maximum Gasteiger partial charge on any atom is 0.218 e. The first-order chi connectivity index (χ1) is 7.80. The van der Waals surface area contributed by atoms with Crippen molar-refractivity contribution in [1.82, 2.24) is 9.88 Å². The predicted octanol–water partition coefficient (Wildman–Crippen LogP) is -0.854. The van der Waals surface area contributed by atoms with E-state index in [9.17, 15) is 8.42 Å². The van der Waals surface area contributed by atoms with E-state index in [-0.39, 0.29) is 11.4 Å². The number of aromatic nitrogens is 1. The quantitative estimate of drug-likeness (QED) is 0.616. The Morgan fingerprint density at radius 2 is 2.06 bits per heavy atom. The number of hydrogen-bond acceptors (Lipinski definition) is 6. The summed E-state index contributed by atoms with van der Waals surface area (Å²) in [6, 6.07) is 1.51. The lowest BCUT2D eigenvalue weighted by Crippen LogP contribution is -2.51. The van der Waals surface area contributed by atoms with Crippen LogP contribution in [-0.2, 0) is 15.8 Å². The van der Waals surface area contributed by atoms with Gasteiger partial charge in [-0.25, -0.2) is 13.1 Å². The average Bonchev–Trinajstić information content (AvgIpc) is 2.62. The van der Waals surface area contributed by atoms with Crippen LogP contribution in [0.2, 0.25) is 0 Å². The predicted molar refractivity (Wildman–Crippen MR) is 59.6 cm³/mol. The number of aliphatic hydroxyl groups is 2. The van der Waals surface area contributed by atoms with Gasteiger partial charge in [-0.15, -0.1) is 0 Å². The van der Waals surface area contributed by atoms with Crippen LogP contribution in [0.4, 0.5) is 0 Å². The monoisotopic (exact) mass is 264 g/mol. The second kappa shape index (κ2) is 5.13. The van der Waals surface area contributed by atoms with Crippen molar-refractivity contribution >= 4 is 10.0 Å². The Morgan fingerprint density at radius 1 is 1.47 bits per heavy atom. The molecule has 17 heavy (non-hydrogen) atoms. The fourth-order valence-corrected chi connectivity index (χ4v) is 2.68. The molecule has 0 bridgehead atoms. The lowest BCUT2D eigenvalue weighted by Gasteiger charge is -2.25. The molecule has 1 heterocycles. The molecule has 7 nitrogen and oxygen atoms in total. The number of aryl methyl sites for hydroxylation is 1. The van der Waals surface area contributed by atoms with E-state index in [2.05, 4.69) is 9.88 Å². The van der Waals surface area contributed by atoms with E-state index >= 15 is 0 Å². The van der Waals surface area contributed by atoms with Crippen LogP contribution in [0, 0.1) is 6.92 Å². The lowest BCUT2D eigenvalue weighted by atomic mass is 10.1. The summed E-state index contributed by atoms with van der Waals surface area (Å²) in [5.74, 6) is 0.155. The highest BCUT2D eigenvalue weighted by Gasteiger charge is 2.29. The summed E-state index contributed by atoms with van der Waals surface area (Å²) in [4.78, 5) is 0. The molecule has 1 rings (SSSR count). The summed E-state index contributed by atoms with van der Waals surface area (Å²) in [5, 5.41) is 21.6. The molecule has 98 valence electrons. The average molecular weight is 264 g/mol. The summed E-state index contributed by atoms with van der Waals surface area (Å²) in [5.41, 5.74) is -1.01. The van der Waals surface area contributed by atoms with Gasteiger partial charge in [0, 0.05) is 6.07 Å². The zero-order chi connectivity index (χ0) is 13.1. The summed E-state index contributed by atoms with van der Waals surface area (Å²) >= 11 is 0. The van der Waals surface area contributed by atoms with Crippen molar-refractivity contribution in [3.05, 3.63) is 17.5 Å². The molecule has 1 aromatic rings. The largest absolute Gasteiger partial charge is 0.394 e. The van der Waals surface area contributed by atoms with Gasteiger partial charge in [0.15, 0.2) is 0 Å². The van der Waals surface area contributed by atoms with E-state index in [1.165, 1.54) is 13.0 Å². The van der Waals surface area contributed by atoms with E-state index < -0.39 is 28.8 Å². The minimum atomic E-state index is -3.70. The van der Waals surface area contributed by atoms with Gasteiger partial charge in [0.05, 0.1) is 18.8 Å². The van der Waals surface area contributed by atoms with Crippen molar-refractivity contribution in [3.63, 3.8) is 0 Å². The van der Waals surface area contributed by atoms with Gasteiger partial charge in [-0.2, -0.15) is 0 Å². The van der Waals surface area contributed by atoms with Crippen LogP contribution < -0.4 is 4.72 Å². The third kappa shape index (κ3) is 4.08. The first kappa shape index (κ1) is 14.1. The Morgan fingerprint density at radius 3 is 2.47 bits per heavy atom. The van der Waals surface area contributed by atoms with Gasteiger partial charge in [0.1, 0.15) is 17.2 Å².